The first-order valence-corrected chi connectivity index (χ1v) is 6.08. The Hall–Kier alpha value is -1.33. The van der Waals surface area contributed by atoms with Crippen LogP contribution in [0.1, 0.15) is 11.3 Å². The lowest BCUT2D eigenvalue weighted by atomic mass is 10.1. The highest BCUT2D eigenvalue weighted by atomic mass is 32.2. The third-order valence-electron chi connectivity index (χ3n) is 2.17. The van der Waals surface area contributed by atoms with Crippen LogP contribution in [0.15, 0.2) is 39.0 Å². The maximum atomic E-state index is 13.4. The van der Waals surface area contributed by atoms with Gasteiger partial charge in [-0.15, -0.1) is 0 Å². The van der Waals surface area contributed by atoms with Crippen LogP contribution in [0.2, 0.25) is 0 Å². The number of hydrogen-bond acceptors (Lipinski definition) is 4. The lowest BCUT2D eigenvalue weighted by Crippen LogP contribution is -2.03. The van der Waals surface area contributed by atoms with Crippen LogP contribution in [0.4, 0.5) is 4.39 Å². The quantitative estimate of drug-likeness (QED) is 0.909. The van der Waals surface area contributed by atoms with E-state index in [4.69, 9.17) is 10.2 Å². The minimum absolute atomic E-state index is 0.262. The molecule has 0 unspecified atom stereocenters. The van der Waals surface area contributed by atoms with Gasteiger partial charge >= 0.3 is 0 Å². The van der Waals surface area contributed by atoms with Crippen LogP contribution in [-0.2, 0) is 6.42 Å². The Morgan fingerprint density at radius 2 is 2.24 bits per heavy atom. The summed E-state index contributed by atoms with van der Waals surface area (Å²) in [5.74, 6) is -0.262. The average molecular weight is 252 g/mol. The Morgan fingerprint density at radius 3 is 2.88 bits per heavy atom. The molecule has 0 spiro atoms. The van der Waals surface area contributed by atoms with Gasteiger partial charge in [0.1, 0.15) is 12.1 Å². The van der Waals surface area contributed by atoms with Crippen molar-refractivity contribution in [2.24, 2.45) is 5.73 Å². The molecule has 0 saturated carbocycles. The molecule has 0 aliphatic heterocycles. The second-order valence-corrected chi connectivity index (χ2v) is 4.72. The second-order valence-electron chi connectivity index (χ2n) is 3.69. The predicted molar refractivity (Wildman–Crippen MR) is 64.5 cm³/mol. The number of aromatic nitrogens is 1. The summed E-state index contributed by atoms with van der Waals surface area (Å²) in [6.45, 7) is 2.35. The van der Waals surface area contributed by atoms with Gasteiger partial charge in [0.2, 0.25) is 0 Å². The summed E-state index contributed by atoms with van der Waals surface area (Å²) in [4.78, 5) is 4.93. The van der Waals surface area contributed by atoms with Crippen molar-refractivity contribution in [1.29, 1.82) is 0 Å². The summed E-state index contributed by atoms with van der Waals surface area (Å²) in [6.07, 6.45) is 2.23. The fraction of sp³-hybridized carbons (Fsp3) is 0.250. The maximum absolute atomic E-state index is 13.4. The van der Waals surface area contributed by atoms with Gasteiger partial charge in [-0.05, 0) is 55.4 Å². The topological polar surface area (TPSA) is 52.0 Å². The molecule has 1 aromatic heterocycles. The molecule has 2 rings (SSSR count). The summed E-state index contributed by atoms with van der Waals surface area (Å²) in [7, 11) is 0. The molecule has 90 valence electrons. The Morgan fingerprint density at radius 1 is 1.41 bits per heavy atom. The molecule has 1 aromatic carbocycles. The zero-order valence-corrected chi connectivity index (χ0v) is 10.3. The third kappa shape index (κ3) is 3.31. The highest BCUT2D eigenvalue weighted by Gasteiger charge is 2.06. The van der Waals surface area contributed by atoms with Crippen LogP contribution >= 0.6 is 11.8 Å². The largest absolute Gasteiger partial charge is 0.439 e. The van der Waals surface area contributed by atoms with E-state index in [-0.39, 0.29) is 5.82 Å². The molecule has 0 bridgehead atoms. The number of aryl methyl sites for hydroxylation is 1. The molecule has 0 atom stereocenters. The Kier molecular flexibility index (Phi) is 3.81. The number of oxazole rings is 1. The van der Waals surface area contributed by atoms with Crippen molar-refractivity contribution in [3.63, 3.8) is 0 Å². The van der Waals surface area contributed by atoms with E-state index >= 15 is 0 Å². The van der Waals surface area contributed by atoms with E-state index in [1.807, 2.05) is 13.0 Å². The monoisotopic (exact) mass is 252 g/mol. The van der Waals surface area contributed by atoms with Crippen molar-refractivity contribution in [2.45, 2.75) is 23.5 Å². The molecule has 17 heavy (non-hydrogen) atoms. The predicted octanol–water partition coefficient (Wildman–Crippen LogP) is 2.77. The average Bonchev–Trinajstić information content (AvgIpc) is 2.63. The number of halogens is 1. The van der Waals surface area contributed by atoms with E-state index in [0.717, 1.165) is 16.2 Å². The first-order chi connectivity index (χ1) is 8.17. The summed E-state index contributed by atoms with van der Waals surface area (Å²) < 4.78 is 18.6. The fourth-order valence-electron chi connectivity index (χ4n) is 1.47. The van der Waals surface area contributed by atoms with Gasteiger partial charge in [-0.3, -0.25) is 0 Å². The Labute approximate surface area is 103 Å². The van der Waals surface area contributed by atoms with E-state index < -0.39 is 0 Å². The molecular weight excluding hydrogens is 239 g/mol. The zero-order valence-electron chi connectivity index (χ0n) is 9.44. The molecule has 0 aliphatic carbocycles. The molecule has 0 saturated heterocycles. The smallest absolute Gasteiger partial charge is 0.260 e. The number of nitrogens with zero attached hydrogens (tertiary/aromatic N) is 1. The Bertz CT molecular complexity index is 513. The van der Waals surface area contributed by atoms with E-state index in [1.54, 1.807) is 6.26 Å². The van der Waals surface area contributed by atoms with E-state index in [2.05, 4.69) is 4.98 Å². The number of hydrogen-bond donors (Lipinski definition) is 1. The van der Waals surface area contributed by atoms with E-state index in [0.29, 0.717) is 18.2 Å². The van der Waals surface area contributed by atoms with Gasteiger partial charge in [0.05, 0.1) is 5.69 Å². The van der Waals surface area contributed by atoms with Crippen LogP contribution in [-0.4, -0.2) is 11.5 Å². The van der Waals surface area contributed by atoms with Crippen LogP contribution in [0.3, 0.4) is 0 Å². The van der Waals surface area contributed by atoms with Crippen molar-refractivity contribution in [2.75, 3.05) is 6.54 Å². The van der Waals surface area contributed by atoms with E-state index in [1.165, 1.54) is 23.9 Å². The van der Waals surface area contributed by atoms with Crippen molar-refractivity contribution in [3.8, 4) is 0 Å². The minimum atomic E-state index is -0.262. The molecule has 3 nitrogen and oxygen atoms in total. The fourth-order valence-corrected chi connectivity index (χ4v) is 2.34. The molecule has 2 N–H and O–H groups in total. The van der Waals surface area contributed by atoms with Gasteiger partial charge < -0.3 is 10.2 Å². The zero-order chi connectivity index (χ0) is 12.3. The number of rotatable bonds is 4. The van der Waals surface area contributed by atoms with Gasteiger partial charge in [0.15, 0.2) is 0 Å². The second kappa shape index (κ2) is 5.33. The molecule has 0 aliphatic rings. The van der Waals surface area contributed by atoms with Crippen LogP contribution in [0.5, 0.6) is 0 Å². The van der Waals surface area contributed by atoms with E-state index in [9.17, 15) is 4.39 Å². The first-order valence-electron chi connectivity index (χ1n) is 5.27. The van der Waals surface area contributed by atoms with Crippen molar-refractivity contribution in [3.05, 3.63) is 41.5 Å². The van der Waals surface area contributed by atoms with Crippen LogP contribution in [0, 0.1) is 12.7 Å². The summed E-state index contributed by atoms with van der Waals surface area (Å²) >= 11 is 1.30. The van der Waals surface area contributed by atoms with Crippen LogP contribution < -0.4 is 5.73 Å². The number of nitrogens with two attached hydrogens (primary N) is 1. The molecule has 0 fully saturated rings. The van der Waals surface area contributed by atoms with Crippen molar-refractivity contribution < 1.29 is 8.81 Å². The minimum Gasteiger partial charge on any atom is -0.439 e. The summed E-state index contributed by atoms with van der Waals surface area (Å²) in [5.41, 5.74) is 7.15. The first kappa shape index (κ1) is 12.1. The highest BCUT2D eigenvalue weighted by molar-refractivity contribution is 7.99. The normalized spacial score (nSPS) is 10.8. The lowest BCUT2D eigenvalue weighted by Gasteiger charge is -2.03. The summed E-state index contributed by atoms with van der Waals surface area (Å²) in [6, 6.07) is 4.86. The molecule has 0 amide bonds. The van der Waals surface area contributed by atoms with Crippen molar-refractivity contribution >= 4 is 11.8 Å². The van der Waals surface area contributed by atoms with Gasteiger partial charge in [-0.1, -0.05) is 0 Å². The van der Waals surface area contributed by atoms with Crippen molar-refractivity contribution in [1.82, 2.24) is 4.98 Å². The molecule has 5 heteroatoms. The lowest BCUT2D eigenvalue weighted by molar-refractivity contribution is 0.454. The van der Waals surface area contributed by atoms with Gasteiger partial charge in [-0.2, -0.15) is 0 Å². The third-order valence-corrected chi connectivity index (χ3v) is 3.00. The molecular formula is C12H13FN2OS. The number of benzene rings is 1. The molecule has 2 aromatic rings. The van der Waals surface area contributed by atoms with Gasteiger partial charge in [0, 0.05) is 4.90 Å². The van der Waals surface area contributed by atoms with Crippen LogP contribution in [0.25, 0.3) is 0 Å². The van der Waals surface area contributed by atoms with Gasteiger partial charge in [-0.25, -0.2) is 9.37 Å². The molecule has 0 radical (unpaired) electrons. The highest BCUT2D eigenvalue weighted by Crippen LogP contribution is 2.28. The maximum Gasteiger partial charge on any atom is 0.260 e. The standard InChI is InChI=1S/C12H13FN2OS/c1-8-7-16-12(15-8)17-11-5-9(2-3-14)4-10(13)6-11/h4-7H,2-3,14H2,1H3. The Balaban J connectivity index is 2.20. The SMILES string of the molecule is Cc1coc(Sc2cc(F)cc(CCN)c2)n1. The summed E-state index contributed by atoms with van der Waals surface area (Å²) in [5, 5.41) is 0.520. The molecule has 1 heterocycles. The van der Waals surface area contributed by atoms with Gasteiger partial charge in [0.25, 0.3) is 5.22 Å².